The van der Waals surface area contributed by atoms with Crippen LogP contribution in [0.15, 0.2) is 0 Å². The summed E-state index contributed by atoms with van der Waals surface area (Å²) in [6.45, 7) is 22.1. The van der Waals surface area contributed by atoms with Crippen LogP contribution in [0.25, 0.3) is 0 Å². The van der Waals surface area contributed by atoms with Crippen molar-refractivity contribution in [2.75, 3.05) is 33.9 Å². The van der Waals surface area contributed by atoms with Gasteiger partial charge in [-0.05, 0) is 73.0 Å². The standard InChI is InChI=1S/C15H39NO3Si3/c1-16(2)15(12-17-20(3,4)5,13-18-21(6,7)8)14-19-22(9,10)11/h12-14H2,1-11H3. The lowest BCUT2D eigenvalue weighted by Crippen LogP contribution is -2.59. The molecule has 0 rings (SSSR count). The maximum atomic E-state index is 6.25. The first kappa shape index (κ1) is 22.5. The quantitative estimate of drug-likeness (QED) is 0.550. The zero-order valence-corrected chi connectivity index (χ0v) is 19.8. The number of rotatable bonds is 10. The lowest BCUT2D eigenvalue weighted by Gasteiger charge is -2.43. The molecule has 0 atom stereocenters. The summed E-state index contributed by atoms with van der Waals surface area (Å²) in [5.74, 6) is 0. The van der Waals surface area contributed by atoms with E-state index in [1.165, 1.54) is 0 Å². The third-order valence-corrected chi connectivity index (χ3v) is 6.30. The van der Waals surface area contributed by atoms with Crippen molar-refractivity contribution in [2.45, 2.75) is 64.5 Å². The Morgan fingerprint density at radius 3 is 0.955 bits per heavy atom. The predicted molar refractivity (Wildman–Crippen MR) is 104 cm³/mol. The van der Waals surface area contributed by atoms with E-state index in [-0.39, 0.29) is 5.54 Å². The molecule has 0 heterocycles. The van der Waals surface area contributed by atoms with Crippen molar-refractivity contribution in [1.82, 2.24) is 4.90 Å². The summed E-state index contributed by atoms with van der Waals surface area (Å²) in [6.07, 6.45) is 0. The van der Waals surface area contributed by atoms with E-state index in [1.807, 2.05) is 0 Å². The Hall–Kier alpha value is 0.491. The van der Waals surface area contributed by atoms with Gasteiger partial charge in [-0.2, -0.15) is 0 Å². The second kappa shape index (κ2) is 8.04. The highest BCUT2D eigenvalue weighted by atomic mass is 28.4. The van der Waals surface area contributed by atoms with Gasteiger partial charge in [-0.25, -0.2) is 0 Å². The third-order valence-electron chi connectivity index (χ3n) is 3.27. The SMILES string of the molecule is CN(C)C(CO[Si](C)(C)C)(CO[Si](C)(C)C)CO[Si](C)(C)C. The minimum atomic E-state index is -1.58. The molecule has 0 bridgehead atoms. The van der Waals surface area contributed by atoms with Gasteiger partial charge in [0.1, 0.15) is 0 Å². The second-order valence-corrected chi connectivity index (χ2v) is 22.9. The van der Waals surface area contributed by atoms with Crippen molar-refractivity contribution in [3.05, 3.63) is 0 Å². The molecule has 0 aromatic rings. The predicted octanol–water partition coefficient (Wildman–Crippen LogP) is 3.84. The van der Waals surface area contributed by atoms with Crippen molar-refractivity contribution < 1.29 is 13.3 Å². The highest BCUT2D eigenvalue weighted by Crippen LogP contribution is 2.21. The van der Waals surface area contributed by atoms with Crippen LogP contribution in [0.5, 0.6) is 0 Å². The average Bonchev–Trinajstić information content (AvgIpc) is 2.24. The highest BCUT2D eigenvalue weighted by Gasteiger charge is 2.38. The summed E-state index contributed by atoms with van der Waals surface area (Å²) in [6, 6.07) is 0. The molecule has 7 heteroatoms. The van der Waals surface area contributed by atoms with E-state index < -0.39 is 25.0 Å². The van der Waals surface area contributed by atoms with Gasteiger partial charge < -0.3 is 13.3 Å². The van der Waals surface area contributed by atoms with Gasteiger partial charge in [0.15, 0.2) is 25.0 Å². The summed E-state index contributed by atoms with van der Waals surface area (Å²) in [5.41, 5.74) is -0.208. The molecule has 0 aromatic carbocycles. The van der Waals surface area contributed by atoms with Crippen LogP contribution in [0, 0.1) is 0 Å². The summed E-state index contributed by atoms with van der Waals surface area (Å²) < 4.78 is 18.8. The van der Waals surface area contributed by atoms with E-state index in [9.17, 15) is 0 Å². The van der Waals surface area contributed by atoms with E-state index in [4.69, 9.17) is 13.3 Å². The Labute approximate surface area is 141 Å². The average molecular weight is 366 g/mol. The molecule has 0 aromatic heterocycles. The van der Waals surface area contributed by atoms with E-state index in [2.05, 4.69) is 77.9 Å². The van der Waals surface area contributed by atoms with Crippen LogP contribution in [-0.4, -0.2) is 69.3 Å². The molecule has 22 heavy (non-hydrogen) atoms. The van der Waals surface area contributed by atoms with Gasteiger partial charge in [-0.3, -0.25) is 4.90 Å². The Kier molecular flexibility index (Phi) is 8.22. The van der Waals surface area contributed by atoms with Crippen molar-refractivity contribution in [1.29, 1.82) is 0 Å². The Morgan fingerprint density at radius 1 is 0.591 bits per heavy atom. The molecule has 134 valence electrons. The van der Waals surface area contributed by atoms with Gasteiger partial charge in [0.2, 0.25) is 0 Å². The van der Waals surface area contributed by atoms with Crippen molar-refractivity contribution >= 4 is 25.0 Å². The highest BCUT2D eigenvalue weighted by molar-refractivity contribution is 6.70. The van der Waals surface area contributed by atoms with Crippen LogP contribution >= 0.6 is 0 Å². The molecule has 0 unspecified atom stereocenters. The summed E-state index contributed by atoms with van der Waals surface area (Å²) in [7, 11) is -0.522. The van der Waals surface area contributed by atoms with E-state index >= 15 is 0 Å². The molecule has 4 nitrogen and oxygen atoms in total. The van der Waals surface area contributed by atoms with Crippen LogP contribution in [-0.2, 0) is 13.3 Å². The topological polar surface area (TPSA) is 30.9 Å². The fourth-order valence-corrected chi connectivity index (χ4v) is 3.67. The maximum absolute atomic E-state index is 6.25. The van der Waals surface area contributed by atoms with Crippen molar-refractivity contribution in [3.8, 4) is 0 Å². The smallest absolute Gasteiger partial charge is 0.183 e. The minimum Gasteiger partial charge on any atom is -0.416 e. The molecule has 0 amide bonds. The fraction of sp³-hybridized carbons (Fsp3) is 1.00. The van der Waals surface area contributed by atoms with E-state index in [0.717, 1.165) is 0 Å². The molecular weight excluding hydrogens is 326 g/mol. The van der Waals surface area contributed by atoms with Crippen LogP contribution in [0.3, 0.4) is 0 Å². The molecular formula is C15H39NO3Si3. The molecule has 0 aliphatic heterocycles. The summed E-state index contributed by atoms with van der Waals surface area (Å²) in [4.78, 5) is 2.23. The number of hydrogen-bond acceptors (Lipinski definition) is 4. The van der Waals surface area contributed by atoms with Crippen LogP contribution < -0.4 is 0 Å². The van der Waals surface area contributed by atoms with Crippen molar-refractivity contribution in [3.63, 3.8) is 0 Å². The largest absolute Gasteiger partial charge is 0.416 e. The monoisotopic (exact) mass is 365 g/mol. The zero-order chi connectivity index (χ0) is 17.8. The Morgan fingerprint density at radius 2 is 0.818 bits per heavy atom. The zero-order valence-electron chi connectivity index (χ0n) is 16.8. The molecule has 0 fully saturated rings. The molecule has 0 aliphatic rings. The van der Waals surface area contributed by atoms with E-state index in [1.54, 1.807) is 0 Å². The van der Waals surface area contributed by atoms with Gasteiger partial charge >= 0.3 is 0 Å². The molecule has 0 saturated carbocycles. The summed E-state index contributed by atoms with van der Waals surface area (Å²) >= 11 is 0. The molecule has 0 radical (unpaired) electrons. The molecule has 0 aliphatic carbocycles. The first-order valence-corrected chi connectivity index (χ1v) is 18.4. The Bertz CT molecular complexity index is 285. The molecule has 0 N–H and O–H groups in total. The van der Waals surface area contributed by atoms with Gasteiger partial charge in [0.05, 0.1) is 25.4 Å². The van der Waals surface area contributed by atoms with Gasteiger partial charge in [0, 0.05) is 0 Å². The first-order chi connectivity index (χ1) is 9.56. The molecule has 0 spiro atoms. The van der Waals surface area contributed by atoms with Gasteiger partial charge in [-0.1, -0.05) is 0 Å². The molecule has 0 saturated heterocycles. The number of likely N-dealkylation sites (N-methyl/N-ethyl adjacent to an activating group) is 1. The van der Waals surface area contributed by atoms with Crippen molar-refractivity contribution in [2.24, 2.45) is 0 Å². The van der Waals surface area contributed by atoms with Crippen LogP contribution in [0.1, 0.15) is 0 Å². The van der Waals surface area contributed by atoms with E-state index in [0.29, 0.717) is 19.8 Å². The summed E-state index contributed by atoms with van der Waals surface area (Å²) in [5, 5.41) is 0. The maximum Gasteiger partial charge on any atom is 0.183 e. The van der Waals surface area contributed by atoms with Crippen LogP contribution in [0.4, 0.5) is 0 Å². The minimum absolute atomic E-state index is 0.208. The van der Waals surface area contributed by atoms with Crippen LogP contribution in [0.2, 0.25) is 58.9 Å². The third kappa shape index (κ3) is 10.3. The Balaban J connectivity index is 5.17. The lowest BCUT2D eigenvalue weighted by atomic mass is 10.0. The van der Waals surface area contributed by atoms with Gasteiger partial charge in [0.25, 0.3) is 0 Å². The van der Waals surface area contributed by atoms with Gasteiger partial charge in [-0.15, -0.1) is 0 Å². The lowest BCUT2D eigenvalue weighted by molar-refractivity contribution is -0.00691. The first-order valence-electron chi connectivity index (χ1n) is 8.16. The fourth-order valence-electron chi connectivity index (χ4n) is 1.56. The second-order valence-electron chi connectivity index (χ2n) is 9.32. The number of hydrogen-bond donors (Lipinski definition) is 0. The number of nitrogens with zero attached hydrogens (tertiary/aromatic N) is 1. The normalized spacial score (nSPS) is 14.7.